The maximum atomic E-state index is 11.5. The summed E-state index contributed by atoms with van der Waals surface area (Å²) >= 11 is 0. The van der Waals surface area contributed by atoms with Crippen molar-refractivity contribution in [2.45, 2.75) is 52.6 Å². The Morgan fingerprint density at radius 1 is 1.47 bits per heavy atom. The van der Waals surface area contributed by atoms with Crippen molar-refractivity contribution >= 4 is 5.91 Å². The molecule has 88 valence electrons. The summed E-state index contributed by atoms with van der Waals surface area (Å²) in [7, 11) is 0. The van der Waals surface area contributed by atoms with Gasteiger partial charge >= 0.3 is 0 Å². The molecule has 0 radical (unpaired) electrons. The van der Waals surface area contributed by atoms with E-state index in [4.69, 9.17) is 0 Å². The zero-order valence-electron chi connectivity index (χ0n) is 10.0. The summed E-state index contributed by atoms with van der Waals surface area (Å²) < 4.78 is 0. The number of aliphatic hydroxyl groups excluding tert-OH is 1. The summed E-state index contributed by atoms with van der Waals surface area (Å²) in [4.78, 5) is 11.5. The molecule has 1 amide bonds. The Morgan fingerprint density at radius 3 is 2.47 bits per heavy atom. The summed E-state index contributed by atoms with van der Waals surface area (Å²) in [6, 6.07) is 0. The molecule has 0 aromatic carbocycles. The number of hydrogen-bond acceptors (Lipinski definition) is 2. The van der Waals surface area contributed by atoms with Gasteiger partial charge in [0.2, 0.25) is 5.91 Å². The zero-order valence-corrected chi connectivity index (χ0v) is 10.0. The van der Waals surface area contributed by atoms with Crippen LogP contribution in [0.25, 0.3) is 0 Å². The fourth-order valence-electron chi connectivity index (χ4n) is 1.58. The number of rotatable bonds is 4. The molecule has 0 spiro atoms. The second-order valence-corrected chi connectivity index (χ2v) is 5.59. The zero-order chi connectivity index (χ0) is 11.5. The molecule has 1 rings (SSSR count). The number of nitrogens with one attached hydrogen (secondary N) is 1. The third-order valence-corrected chi connectivity index (χ3v) is 3.19. The molecule has 1 aliphatic carbocycles. The van der Waals surface area contributed by atoms with Crippen LogP contribution in [0.3, 0.4) is 0 Å². The number of aliphatic hydroxyl groups is 1. The normalized spacial score (nSPS) is 19.5. The minimum absolute atomic E-state index is 0.0960. The lowest BCUT2D eigenvalue weighted by Crippen LogP contribution is -2.37. The minimum Gasteiger partial charge on any atom is -0.393 e. The van der Waals surface area contributed by atoms with Crippen LogP contribution in [0, 0.1) is 11.3 Å². The van der Waals surface area contributed by atoms with Crippen LogP contribution in [0.15, 0.2) is 0 Å². The van der Waals surface area contributed by atoms with E-state index in [0.717, 1.165) is 12.8 Å². The molecule has 1 aliphatic rings. The highest BCUT2D eigenvalue weighted by Crippen LogP contribution is 2.26. The smallest absolute Gasteiger partial charge is 0.223 e. The molecule has 0 aromatic heterocycles. The van der Waals surface area contributed by atoms with Gasteiger partial charge in [0.25, 0.3) is 0 Å². The van der Waals surface area contributed by atoms with Gasteiger partial charge < -0.3 is 10.4 Å². The molecule has 0 heterocycles. The van der Waals surface area contributed by atoms with Crippen molar-refractivity contribution in [1.29, 1.82) is 0 Å². The molecule has 2 N–H and O–H groups in total. The van der Waals surface area contributed by atoms with Crippen molar-refractivity contribution in [2.75, 3.05) is 6.54 Å². The van der Waals surface area contributed by atoms with E-state index in [2.05, 4.69) is 5.32 Å². The fraction of sp³-hybridized carbons (Fsp3) is 0.917. The fourth-order valence-corrected chi connectivity index (χ4v) is 1.58. The van der Waals surface area contributed by atoms with E-state index in [1.165, 1.54) is 6.42 Å². The van der Waals surface area contributed by atoms with Gasteiger partial charge in [-0.2, -0.15) is 0 Å². The first-order chi connectivity index (χ1) is 6.91. The molecule has 1 unspecified atom stereocenters. The van der Waals surface area contributed by atoms with Crippen molar-refractivity contribution in [3.8, 4) is 0 Å². The Morgan fingerprint density at radius 2 is 2.07 bits per heavy atom. The van der Waals surface area contributed by atoms with Gasteiger partial charge in [-0.25, -0.2) is 0 Å². The van der Waals surface area contributed by atoms with Gasteiger partial charge in [0, 0.05) is 12.5 Å². The molecule has 3 nitrogen and oxygen atoms in total. The van der Waals surface area contributed by atoms with Gasteiger partial charge in [-0.1, -0.05) is 27.2 Å². The van der Waals surface area contributed by atoms with Gasteiger partial charge in [-0.05, 0) is 24.7 Å². The predicted octanol–water partition coefficient (Wildman–Crippen LogP) is 1.70. The largest absolute Gasteiger partial charge is 0.393 e. The lowest BCUT2D eigenvalue weighted by Gasteiger charge is -2.27. The Balaban J connectivity index is 2.12. The van der Waals surface area contributed by atoms with Crippen molar-refractivity contribution in [1.82, 2.24) is 5.32 Å². The van der Waals surface area contributed by atoms with E-state index >= 15 is 0 Å². The van der Waals surface area contributed by atoms with E-state index in [1.807, 2.05) is 20.8 Å². The third kappa shape index (κ3) is 3.82. The summed E-state index contributed by atoms with van der Waals surface area (Å²) in [5.41, 5.74) is -0.0960. The monoisotopic (exact) mass is 213 g/mol. The summed E-state index contributed by atoms with van der Waals surface area (Å²) in [5.74, 6) is 0.416. The minimum atomic E-state index is -0.348. The highest BCUT2D eigenvalue weighted by Gasteiger charge is 2.26. The van der Waals surface area contributed by atoms with Gasteiger partial charge in [-0.3, -0.25) is 4.79 Å². The Bertz CT molecular complexity index is 216. The molecule has 1 fully saturated rings. The molecule has 1 saturated carbocycles. The van der Waals surface area contributed by atoms with Gasteiger partial charge in [0.05, 0.1) is 6.10 Å². The topological polar surface area (TPSA) is 49.3 Å². The van der Waals surface area contributed by atoms with Crippen molar-refractivity contribution in [3.63, 3.8) is 0 Å². The predicted molar refractivity (Wildman–Crippen MR) is 60.4 cm³/mol. The van der Waals surface area contributed by atoms with Crippen LogP contribution in [0.5, 0.6) is 0 Å². The standard InChI is InChI=1S/C12H23NO2/c1-12(2,3)10(14)7-8-13-11(15)9-5-4-6-9/h9-10,14H,4-8H2,1-3H3,(H,13,15). The van der Waals surface area contributed by atoms with E-state index in [0.29, 0.717) is 13.0 Å². The van der Waals surface area contributed by atoms with Crippen LogP contribution in [0.4, 0.5) is 0 Å². The van der Waals surface area contributed by atoms with Crippen LogP contribution in [-0.2, 0) is 4.79 Å². The van der Waals surface area contributed by atoms with E-state index < -0.39 is 0 Å². The van der Waals surface area contributed by atoms with Crippen LogP contribution in [0.2, 0.25) is 0 Å². The first kappa shape index (κ1) is 12.5. The Labute approximate surface area is 92.3 Å². The summed E-state index contributed by atoms with van der Waals surface area (Å²) in [6.07, 6.45) is 3.55. The Kier molecular flexibility index (Phi) is 4.14. The highest BCUT2D eigenvalue weighted by atomic mass is 16.3. The average molecular weight is 213 g/mol. The molecule has 1 atom stereocenters. The van der Waals surface area contributed by atoms with E-state index in [9.17, 15) is 9.90 Å². The maximum Gasteiger partial charge on any atom is 0.223 e. The molecule has 0 aromatic rings. The average Bonchev–Trinajstić information content (AvgIpc) is 1.98. The van der Waals surface area contributed by atoms with Crippen LogP contribution < -0.4 is 5.32 Å². The van der Waals surface area contributed by atoms with Gasteiger partial charge in [-0.15, -0.1) is 0 Å². The van der Waals surface area contributed by atoms with Gasteiger partial charge in [0.15, 0.2) is 0 Å². The molecule has 15 heavy (non-hydrogen) atoms. The van der Waals surface area contributed by atoms with Crippen LogP contribution in [-0.4, -0.2) is 23.7 Å². The van der Waals surface area contributed by atoms with E-state index in [1.54, 1.807) is 0 Å². The SMILES string of the molecule is CC(C)(C)C(O)CCNC(=O)C1CCC1. The number of hydrogen-bond donors (Lipinski definition) is 2. The third-order valence-electron chi connectivity index (χ3n) is 3.19. The van der Waals surface area contributed by atoms with Crippen LogP contribution >= 0.6 is 0 Å². The molecular weight excluding hydrogens is 190 g/mol. The first-order valence-electron chi connectivity index (χ1n) is 5.87. The number of amides is 1. The first-order valence-corrected chi connectivity index (χ1v) is 5.87. The van der Waals surface area contributed by atoms with Crippen molar-refractivity contribution < 1.29 is 9.90 Å². The molecule has 0 aliphatic heterocycles. The quantitative estimate of drug-likeness (QED) is 0.746. The second-order valence-electron chi connectivity index (χ2n) is 5.59. The molecular formula is C12H23NO2. The lowest BCUT2D eigenvalue weighted by atomic mass is 9.84. The number of carbonyl (C=O) groups excluding carboxylic acids is 1. The van der Waals surface area contributed by atoms with Crippen molar-refractivity contribution in [3.05, 3.63) is 0 Å². The molecule has 3 heteroatoms. The molecule has 0 bridgehead atoms. The second kappa shape index (κ2) is 4.97. The van der Waals surface area contributed by atoms with E-state index in [-0.39, 0.29) is 23.3 Å². The molecule has 0 saturated heterocycles. The lowest BCUT2D eigenvalue weighted by molar-refractivity contribution is -0.127. The maximum absolute atomic E-state index is 11.5. The highest BCUT2D eigenvalue weighted by molar-refractivity contribution is 5.79. The number of carbonyl (C=O) groups is 1. The van der Waals surface area contributed by atoms with Crippen molar-refractivity contribution in [2.24, 2.45) is 11.3 Å². The summed E-state index contributed by atoms with van der Waals surface area (Å²) in [5, 5.41) is 12.6. The van der Waals surface area contributed by atoms with Gasteiger partial charge in [0.1, 0.15) is 0 Å². The summed E-state index contributed by atoms with van der Waals surface area (Å²) in [6.45, 7) is 6.61. The Hall–Kier alpha value is -0.570. The van der Waals surface area contributed by atoms with Crippen LogP contribution in [0.1, 0.15) is 46.5 Å².